The van der Waals surface area contributed by atoms with Gasteiger partial charge in [0.15, 0.2) is 0 Å². The Hall–Kier alpha value is -5.61. The first-order valence-electron chi connectivity index (χ1n) is 17.8. The molecule has 0 unspecified atom stereocenters. The Morgan fingerprint density at radius 1 is 0.549 bits per heavy atom. The van der Waals surface area contributed by atoms with Crippen molar-refractivity contribution >= 4 is 40.1 Å². The highest BCUT2D eigenvalue weighted by Crippen LogP contribution is 2.40. The molecule has 0 fully saturated rings. The van der Waals surface area contributed by atoms with E-state index >= 15 is 0 Å². The second-order valence-electron chi connectivity index (χ2n) is 14.1. The van der Waals surface area contributed by atoms with Crippen LogP contribution in [-0.4, -0.2) is 5.97 Å². The van der Waals surface area contributed by atoms with E-state index in [0.29, 0.717) is 0 Å². The molecule has 0 amide bonds. The first-order chi connectivity index (χ1) is 24.6. The van der Waals surface area contributed by atoms with Crippen molar-refractivity contribution in [2.45, 2.75) is 61.5 Å². The SMILES string of the molecule is CCC(C)(C)C(=O)OCc1ccc(N(c2ccc(-c3ccc(N(c4ccccc4C)c4ccccc4C)cc3)cc2)c2cccc(C)c2)cc1C. The van der Waals surface area contributed by atoms with E-state index in [2.05, 4.69) is 177 Å². The van der Waals surface area contributed by atoms with Gasteiger partial charge in [-0.05, 0) is 148 Å². The molecular weight excluding hydrogens is 625 g/mol. The molecule has 0 bridgehead atoms. The third-order valence-corrected chi connectivity index (χ3v) is 9.94. The van der Waals surface area contributed by atoms with Gasteiger partial charge in [-0.2, -0.15) is 0 Å². The molecule has 0 atom stereocenters. The number of hydrogen-bond donors (Lipinski definition) is 0. The van der Waals surface area contributed by atoms with Crippen molar-refractivity contribution in [1.82, 2.24) is 0 Å². The van der Waals surface area contributed by atoms with E-state index in [1.807, 2.05) is 20.8 Å². The highest BCUT2D eigenvalue weighted by Gasteiger charge is 2.27. The quantitative estimate of drug-likeness (QED) is 0.128. The minimum absolute atomic E-state index is 0.167. The lowest BCUT2D eigenvalue weighted by molar-refractivity contribution is -0.155. The number of para-hydroxylation sites is 2. The van der Waals surface area contributed by atoms with Crippen LogP contribution in [0, 0.1) is 33.1 Å². The zero-order valence-corrected chi connectivity index (χ0v) is 30.9. The summed E-state index contributed by atoms with van der Waals surface area (Å²) in [4.78, 5) is 17.3. The molecule has 4 heteroatoms. The fourth-order valence-corrected chi connectivity index (χ4v) is 6.32. The zero-order chi connectivity index (χ0) is 36.1. The second kappa shape index (κ2) is 15.1. The molecule has 0 radical (unpaired) electrons. The van der Waals surface area contributed by atoms with E-state index in [1.165, 1.54) is 28.1 Å². The van der Waals surface area contributed by atoms with Crippen LogP contribution in [0.25, 0.3) is 11.1 Å². The largest absolute Gasteiger partial charge is 0.460 e. The maximum Gasteiger partial charge on any atom is 0.311 e. The van der Waals surface area contributed by atoms with Crippen LogP contribution in [0.4, 0.5) is 34.1 Å². The molecule has 258 valence electrons. The van der Waals surface area contributed by atoms with E-state index in [4.69, 9.17) is 4.74 Å². The number of benzene rings is 6. The van der Waals surface area contributed by atoms with E-state index in [0.717, 1.165) is 51.4 Å². The minimum Gasteiger partial charge on any atom is -0.460 e. The monoisotopic (exact) mass is 672 g/mol. The molecule has 0 aromatic heterocycles. The Balaban J connectivity index is 1.29. The van der Waals surface area contributed by atoms with Gasteiger partial charge in [-0.1, -0.05) is 85.8 Å². The topological polar surface area (TPSA) is 32.8 Å². The lowest BCUT2D eigenvalue weighted by Crippen LogP contribution is -2.25. The lowest BCUT2D eigenvalue weighted by atomic mass is 9.91. The van der Waals surface area contributed by atoms with E-state index in [-0.39, 0.29) is 12.6 Å². The first kappa shape index (κ1) is 35.2. The molecule has 0 heterocycles. The Labute approximate surface area is 304 Å². The summed E-state index contributed by atoms with van der Waals surface area (Å²) in [6, 6.07) is 49.7. The third kappa shape index (κ3) is 7.76. The zero-order valence-electron chi connectivity index (χ0n) is 30.9. The molecule has 0 aliphatic rings. The number of nitrogens with zero attached hydrogens (tertiary/aromatic N) is 2. The van der Waals surface area contributed by atoms with Gasteiger partial charge in [0.2, 0.25) is 0 Å². The maximum atomic E-state index is 12.6. The van der Waals surface area contributed by atoms with Crippen LogP contribution in [0.1, 0.15) is 55.0 Å². The molecule has 0 aliphatic heterocycles. The van der Waals surface area contributed by atoms with E-state index in [9.17, 15) is 4.79 Å². The van der Waals surface area contributed by atoms with Gasteiger partial charge in [0.05, 0.1) is 5.41 Å². The molecule has 6 aromatic rings. The molecule has 51 heavy (non-hydrogen) atoms. The molecular formula is C47H48N2O2. The molecule has 6 rings (SSSR count). The average Bonchev–Trinajstić information content (AvgIpc) is 3.13. The summed E-state index contributed by atoms with van der Waals surface area (Å²) >= 11 is 0. The van der Waals surface area contributed by atoms with Crippen molar-refractivity contribution in [2.75, 3.05) is 9.80 Å². The number of rotatable bonds is 11. The number of ether oxygens (including phenoxy) is 1. The Morgan fingerprint density at radius 2 is 1.06 bits per heavy atom. The van der Waals surface area contributed by atoms with Crippen LogP contribution in [0.2, 0.25) is 0 Å². The van der Waals surface area contributed by atoms with Gasteiger partial charge in [0.1, 0.15) is 6.61 Å². The summed E-state index contributed by atoms with van der Waals surface area (Å²) in [7, 11) is 0. The van der Waals surface area contributed by atoms with Gasteiger partial charge < -0.3 is 14.5 Å². The summed E-state index contributed by atoms with van der Waals surface area (Å²) in [6.45, 7) is 14.7. The number of hydrogen-bond acceptors (Lipinski definition) is 4. The average molecular weight is 673 g/mol. The van der Waals surface area contributed by atoms with Crippen molar-refractivity contribution in [3.05, 3.63) is 167 Å². The Morgan fingerprint density at radius 3 is 1.57 bits per heavy atom. The minimum atomic E-state index is -0.493. The second-order valence-corrected chi connectivity index (χ2v) is 14.1. The molecule has 0 saturated heterocycles. The normalized spacial score (nSPS) is 11.3. The number of esters is 1. The van der Waals surface area contributed by atoms with Crippen molar-refractivity contribution in [3.63, 3.8) is 0 Å². The van der Waals surface area contributed by atoms with Crippen molar-refractivity contribution < 1.29 is 9.53 Å². The smallest absolute Gasteiger partial charge is 0.311 e. The maximum absolute atomic E-state index is 12.6. The predicted octanol–water partition coefficient (Wildman–Crippen LogP) is 13.0. The van der Waals surface area contributed by atoms with E-state index < -0.39 is 5.41 Å². The molecule has 6 aromatic carbocycles. The molecule has 0 N–H and O–H groups in total. The number of anilines is 6. The van der Waals surface area contributed by atoms with Gasteiger partial charge in [-0.3, -0.25) is 4.79 Å². The van der Waals surface area contributed by atoms with Gasteiger partial charge in [-0.25, -0.2) is 0 Å². The van der Waals surface area contributed by atoms with Gasteiger partial charge in [-0.15, -0.1) is 0 Å². The standard InChI is InChI=1S/C47H48N2O2/c1-8-47(6,7)46(50)51-32-39-24-29-43(31-36(39)5)48(42-17-13-14-33(2)30-42)40-25-20-37(21-26-40)38-22-27-41(28-23-38)49(44-18-11-9-15-34(44)3)45-19-12-10-16-35(45)4/h9-31H,8,32H2,1-7H3. The van der Waals surface area contributed by atoms with Crippen LogP contribution in [0.5, 0.6) is 0 Å². The Bertz CT molecular complexity index is 2080. The predicted molar refractivity (Wildman–Crippen MR) is 214 cm³/mol. The Kier molecular flexibility index (Phi) is 10.4. The third-order valence-electron chi connectivity index (χ3n) is 9.94. The summed E-state index contributed by atoms with van der Waals surface area (Å²) < 4.78 is 5.73. The highest BCUT2D eigenvalue weighted by atomic mass is 16.5. The summed E-state index contributed by atoms with van der Waals surface area (Å²) in [5, 5.41) is 0. The van der Waals surface area contributed by atoms with Crippen molar-refractivity contribution in [2.24, 2.45) is 5.41 Å². The molecule has 0 aliphatic carbocycles. The van der Waals surface area contributed by atoms with Crippen LogP contribution >= 0.6 is 0 Å². The molecule has 0 spiro atoms. The summed E-state index contributed by atoms with van der Waals surface area (Å²) in [6.07, 6.45) is 0.736. The number of carbonyl (C=O) groups excluding carboxylic acids is 1. The van der Waals surface area contributed by atoms with Gasteiger partial charge >= 0.3 is 5.97 Å². The highest BCUT2D eigenvalue weighted by molar-refractivity contribution is 5.82. The van der Waals surface area contributed by atoms with Gasteiger partial charge in [0, 0.05) is 34.1 Å². The van der Waals surface area contributed by atoms with Crippen molar-refractivity contribution in [1.29, 1.82) is 0 Å². The van der Waals surface area contributed by atoms with Gasteiger partial charge in [0.25, 0.3) is 0 Å². The van der Waals surface area contributed by atoms with Crippen LogP contribution in [0.3, 0.4) is 0 Å². The van der Waals surface area contributed by atoms with E-state index in [1.54, 1.807) is 0 Å². The number of aryl methyl sites for hydroxylation is 4. The molecule has 4 nitrogen and oxygen atoms in total. The lowest BCUT2D eigenvalue weighted by Gasteiger charge is -2.28. The summed E-state index contributed by atoms with van der Waals surface area (Å²) in [5.74, 6) is -0.167. The summed E-state index contributed by atoms with van der Waals surface area (Å²) in [5.41, 5.74) is 14.2. The van der Waals surface area contributed by atoms with Crippen molar-refractivity contribution in [3.8, 4) is 11.1 Å². The first-order valence-corrected chi connectivity index (χ1v) is 17.8. The number of carbonyl (C=O) groups is 1. The van der Waals surface area contributed by atoms with Crippen LogP contribution in [-0.2, 0) is 16.1 Å². The fourth-order valence-electron chi connectivity index (χ4n) is 6.32. The fraction of sp³-hybridized carbons (Fsp3) is 0.213. The molecule has 0 saturated carbocycles. The van der Waals surface area contributed by atoms with Crippen LogP contribution in [0.15, 0.2) is 140 Å². The van der Waals surface area contributed by atoms with Crippen LogP contribution < -0.4 is 9.80 Å².